The average Bonchev–Trinajstić information content (AvgIpc) is 3.14. The van der Waals surface area contributed by atoms with Gasteiger partial charge in [-0.1, -0.05) is 41.5 Å². The first-order valence-electron chi connectivity index (χ1n) is 8.31. The molecule has 2 aromatic carbocycles. The summed E-state index contributed by atoms with van der Waals surface area (Å²) in [6.45, 7) is 2.90. The number of hydrogen-bond donors (Lipinski definition) is 2. The van der Waals surface area contributed by atoms with Crippen molar-refractivity contribution in [1.82, 2.24) is 25.5 Å². The van der Waals surface area contributed by atoms with E-state index in [1.165, 1.54) is 4.80 Å². The van der Waals surface area contributed by atoms with Crippen molar-refractivity contribution in [1.29, 1.82) is 0 Å². The van der Waals surface area contributed by atoms with Crippen LogP contribution in [0.4, 0.5) is 5.95 Å². The summed E-state index contributed by atoms with van der Waals surface area (Å²) in [5.74, 6) is 0.459. The highest BCUT2D eigenvalue weighted by Crippen LogP contribution is 2.15. The highest BCUT2D eigenvalue weighted by Gasteiger charge is 2.11. The second-order valence-electron chi connectivity index (χ2n) is 5.51. The fraction of sp³-hybridized carbons (Fsp3) is 0.167. The first kappa shape index (κ1) is 18.5. The largest absolute Gasteiger partial charge is 0.489 e. The Balaban J connectivity index is 1.56. The number of anilines is 1. The summed E-state index contributed by atoms with van der Waals surface area (Å²) in [7, 11) is 0. The summed E-state index contributed by atoms with van der Waals surface area (Å²) >= 11 is 5.11. The third-order valence-corrected chi connectivity index (χ3v) is 3.74. The zero-order valence-electron chi connectivity index (χ0n) is 14.6. The third-order valence-electron chi connectivity index (χ3n) is 3.53. The second-order valence-corrected chi connectivity index (χ2v) is 5.92. The standard InChI is InChI=1S/C18H18N6O2S/c1-2-24-22-17(21-23-24)20-18(27)19-16(25)14-9-6-10-15(11-14)26-12-13-7-4-3-5-8-13/h3-11H,2,12H2,1H3,(H2,19,20,22,25,27). The maximum absolute atomic E-state index is 12.4. The Labute approximate surface area is 161 Å². The van der Waals surface area contributed by atoms with Crippen LogP contribution < -0.4 is 15.4 Å². The van der Waals surface area contributed by atoms with Gasteiger partial charge >= 0.3 is 0 Å². The molecule has 0 spiro atoms. The normalized spacial score (nSPS) is 10.3. The number of nitrogens with zero attached hydrogens (tertiary/aromatic N) is 4. The molecule has 8 nitrogen and oxygen atoms in total. The number of benzene rings is 2. The Bertz CT molecular complexity index is 928. The van der Waals surface area contributed by atoms with Crippen LogP contribution in [0.5, 0.6) is 5.75 Å². The van der Waals surface area contributed by atoms with E-state index in [2.05, 4.69) is 26.0 Å². The lowest BCUT2D eigenvalue weighted by Crippen LogP contribution is -2.34. The molecule has 138 valence electrons. The number of rotatable bonds is 6. The van der Waals surface area contributed by atoms with Crippen LogP contribution in [0.1, 0.15) is 22.8 Å². The Hall–Kier alpha value is -3.33. The van der Waals surface area contributed by atoms with Crippen LogP contribution in [0.2, 0.25) is 0 Å². The van der Waals surface area contributed by atoms with Crippen molar-refractivity contribution >= 4 is 29.2 Å². The number of amides is 1. The molecular formula is C18H18N6O2S. The highest BCUT2D eigenvalue weighted by molar-refractivity contribution is 7.80. The first-order valence-corrected chi connectivity index (χ1v) is 8.72. The average molecular weight is 382 g/mol. The van der Waals surface area contributed by atoms with E-state index in [0.29, 0.717) is 24.5 Å². The van der Waals surface area contributed by atoms with E-state index in [-0.39, 0.29) is 17.0 Å². The Kier molecular flexibility index (Phi) is 6.06. The number of tetrazole rings is 1. The van der Waals surface area contributed by atoms with Crippen molar-refractivity contribution in [2.75, 3.05) is 5.32 Å². The number of aromatic nitrogens is 4. The van der Waals surface area contributed by atoms with Crippen LogP contribution in [0.3, 0.4) is 0 Å². The van der Waals surface area contributed by atoms with Gasteiger partial charge in [0.15, 0.2) is 5.11 Å². The number of aryl methyl sites for hydroxylation is 1. The lowest BCUT2D eigenvalue weighted by molar-refractivity contribution is 0.0977. The molecule has 3 rings (SSSR count). The van der Waals surface area contributed by atoms with Crippen LogP contribution in [0.15, 0.2) is 54.6 Å². The molecule has 9 heteroatoms. The zero-order valence-corrected chi connectivity index (χ0v) is 15.4. The zero-order chi connectivity index (χ0) is 19.1. The molecule has 2 N–H and O–H groups in total. The molecule has 1 heterocycles. The first-order chi connectivity index (χ1) is 13.1. The van der Waals surface area contributed by atoms with E-state index in [9.17, 15) is 4.79 Å². The van der Waals surface area contributed by atoms with Crippen LogP contribution in [-0.4, -0.2) is 31.2 Å². The summed E-state index contributed by atoms with van der Waals surface area (Å²) in [4.78, 5) is 13.8. The molecule has 1 aromatic heterocycles. The van der Waals surface area contributed by atoms with Crippen molar-refractivity contribution in [3.8, 4) is 5.75 Å². The number of ether oxygens (including phenoxy) is 1. The molecule has 3 aromatic rings. The van der Waals surface area contributed by atoms with Crippen LogP contribution in [0, 0.1) is 0 Å². The van der Waals surface area contributed by atoms with Crippen molar-refractivity contribution in [2.24, 2.45) is 0 Å². The molecule has 0 radical (unpaired) electrons. The number of carbonyl (C=O) groups is 1. The third kappa shape index (κ3) is 5.32. The molecule has 0 bridgehead atoms. The van der Waals surface area contributed by atoms with E-state index in [1.807, 2.05) is 37.3 Å². The molecule has 0 atom stereocenters. The summed E-state index contributed by atoms with van der Waals surface area (Å²) in [6, 6.07) is 16.7. The molecule has 1 amide bonds. The predicted molar refractivity (Wildman–Crippen MR) is 104 cm³/mol. The number of thiocarbonyl (C=S) groups is 1. The van der Waals surface area contributed by atoms with Gasteiger partial charge in [-0.3, -0.25) is 15.4 Å². The van der Waals surface area contributed by atoms with E-state index in [0.717, 1.165) is 5.56 Å². The van der Waals surface area contributed by atoms with Crippen molar-refractivity contribution in [2.45, 2.75) is 20.1 Å². The van der Waals surface area contributed by atoms with Gasteiger partial charge < -0.3 is 4.74 Å². The fourth-order valence-electron chi connectivity index (χ4n) is 2.20. The van der Waals surface area contributed by atoms with Gasteiger partial charge in [0.1, 0.15) is 12.4 Å². The Morgan fingerprint density at radius 1 is 1.19 bits per heavy atom. The number of carbonyl (C=O) groups excluding carboxylic acids is 1. The molecular weight excluding hydrogens is 364 g/mol. The summed E-state index contributed by atoms with van der Waals surface area (Å²) in [6.07, 6.45) is 0. The smallest absolute Gasteiger partial charge is 0.269 e. The lowest BCUT2D eigenvalue weighted by Gasteiger charge is -2.09. The molecule has 0 fully saturated rings. The minimum Gasteiger partial charge on any atom is -0.489 e. The van der Waals surface area contributed by atoms with Gasteiger partial charge in [0.25, 0.3) is 11.9 Å². The summed E-state index contributed by atoms with van der Waals surface area (Å²) < 4.78 is 5.74. The summed E-state index contributed by atoms with van der Waals surface area (Å²) in [5, 5.41) is 17.0. The van der Waals surface area contributed by atoms with Crippen LogP contribution >= 0.6 is 12.2 Å². The van der Waals surface area contributed by atoms with E-state index >= 15 is 0 Å². The SMILES string of the molecule is CCn1nnc(NC(=S)NC(=O)c2cccc(OCc3ccccc3)c2)n1. The minimum atomic E-state index is -0.361. The molecule has 0 saturated heterocycles. The monoisotopic (exact) mass is 382 g/mol. The van der Waals surface area contributed by atoms with Gasteiger partial charge in [-0.05, 0) is 48.1 Å². The van der Waals surface area contributed by atoms with Gasteiger partial charge in [0.2, 0.25) is 0 Å². The molecule has 27 heavy (non-hydrogen) atoms. The highest BCUT2D eigenvalue weighted by atomic mass is 32.1. The maximum atomic E-state index is 12.4. The minimum absolute atomic E-state index is 0.0891. The van der Waals surface area contributed by atoms with Gasteiger partial charge in [-0.25, -0.2) is 0 Å². The summed E-state index contributed by atoms with van der Waals surface area (Å²) in [5.41, 5.74) is 1.47. The van der Waals surface area contributed by atoms with Gasteiger partial charge in [-0.2, -0.15) is 4.80 Å². The van der Waals surface area contributed by atoms with E-state index in [4.69, 9.17) is 17.0 Å². The fourth-order valence-corrected chi connectivity index (χ4v) is 2.39. The van der Waals surface area contributed by atoms with Gasteiger partial charge in [0.05, 0.1) is 6.54 Å². The Morgan fingerprint density at radius 3 is 2.74 bits per heavy atom. The molecule has 0 aliphatic rings. The van der Waals surface area contributed by atoms with Crippen LogP contribution in [0.25, 0.3) is 0 Å². The van der Waals surface area contributed by atoms with Gasteiger partial charge in [-0.15, -0.1) is 5.10 Å². The lowest BCUT2D eigenvalue weighted by atomic mass is 10.2. The van der Waals surface area contributed by atoms with E-state index < -0.39 is 0 Å². The van der Waals surface area contributed by atoms with E-state index in [1.54, 1.807) is 24.3 Å². The van der Waals surface area contributed by atoms with Gasteiger partial charge in [0, 0.05) is 5.56 Å². The molecule has 0 saturated carbocycles. The van der Waals surface area contributed by atoms with Crippen molar-refractivity contribution in [3.63, 3.8) is 0 Å². The molecule has 0 aliphatic heterocycles. The second kappa shape index (κ2) is 8.86. The van der Waals surface area contributed by atoms with Crippen LogP contribution in [-0.2, 0) is 13.2 Å². The number of hydrogen-bond acceptors (Lipinski definition) is 6. The maximum Gasteiger partial charge on any atom is 0.269 e. The topological polar surface area (TPSA) is 94.0 Å². The molecule has 0 unspecified atom stereocenters. The molecule has 0 aliphatic carbocycles. The predicted octanol–water partition coefficient (Wildman–Crippen LogP) is 2.40. The van der Waals surface area contributed by atoms with Crippen molar-refractivity contribution < 1.29 is 9.53 Å². The number of nitrogens with one attached hydrogen (secondary N) is 2. The van der Waals surface area contributed by atoms with Crippen molar-refractivity contribution in [3.05, 3.63) is 65.7 Å². The Morgan fingerprint density at radius 2 is 2.00 bits per heavy atom. The quantitative estimate of drug-likeness (QED) is 0.632.